The smallest absolute Gasteiger partial charge is 0.0101 e. The molecule has 1 unspecified atom stereocenters. The van der Waals surface area contributed by atoms with E-state index < -0.39 is 0 Å². The first-order chi connectivity index (χ1) is 4.20. The minimum absolute atomic E-state index is 0. The second-order valence-corrected chi connectivity index (χ2v) is 3.03. The van der Waals surface area contributed by atoms with E-state index in [9.17, 15) is 0 Å². The van der Waals surface area contributed by atoms with Gasteiger partial charge in [-0.15, -0.1) is 12.4 Å². The molecule has 0 amide bonds. The molecule has 1 fully saturated rings. The quantitative estimate of drug-likeness (QED) is 0.492. The molecule has 0 bridgehead atoms. The molecule has 0 aromatic carbocycles. The zero-order chi connectivity index (χ0) is 6.85. The molecular weight excluding hydrogens is 146 g/mol. The minimum Gasteiger partial charge on any atom is -0.303 e. The summed E-state index contributed by atoms with van der Waals surface area (Å²) >= 11 is 0. The van der Waals surface area contributed by atoms with E-state index in [0.29, 0.717) is 6.04 Å². The molecule has 1 heterocycles. The Kier molecular flexibility index (Phi) is 3.99. The Morgan fingerprint density at radius 3 is 2.60 bits per heavy atom. The van der Waals surface area contributed by atoms with Crippen molar-refractivity contribution in [3.63, 3.8) is 0 Å². The van der Waals surface area contributed by atoms with Crippen LogP contribution >= 0.6 is 12.4 Å². The predicted molar refractivity (Wildman–Crippen MR) is 47.7 cm³/mol. The molecule has 1 rings (SSSR count). The van der Waals surface area contributed by atoms with Crippen LogP contribution in [0, 0.1) is 0 Å². The monoisotopic (exact) mass is 161 g/mol. The summed E-state index contributed by atoms with van der Waals surface area (Å²) in [6, 6.07) is 0.714. The number of piperidine rings is 1. The van der Waals surface area contributed by atoms with E-state index in [1.807, 2.05) is 0 Å². The van der Waals surface area contributed by atoms with Gasteiger partial charge >= 0.3 is 0 Å². The Balaban J connectivity index is 0.000000810. The highest BCUT2D eigenvalue weighted by atomic mass is 35.5. The minimum atomic E-state index is 0. The highest BCUT2D eigenvalue weighted by molar-refractivity contribution is 5.85. The van der Waals surface area contributed by atoms with Crippen LogP contribution in [0.1, 0.15) is 19.8 Å². The molecule has 1 saturated heterocycles. The van der Waals surface area contributed by atoms with E-state index in [4.69, 9.17) is 0 Å². The summed E-state index contributed by atoms with van der Waals surface area (Å²) in [6.45, 7) is 7.42. The summed E-state index contributed by atoms with van der Waals surface area (Å²) in [4.78, 5) is 2.38. The molecule has 0 radical (unpaired) electrons. The van der Waals surface area contributed by atoms with E-state index in [1.165, 1.54) is 25.0 Å². The maximum atomic E-state index is 3.97. The molecule has 1 nitrogen and oxygen atoms in total. The molecule has 10 heavy (non-hydrogen) atoms. The Morgan fingerprint density at radius 1 is 1.60 bits per heavy atom. The third-order valence-corrected chi connectivity index (χ3v) is 2.15. The number of hydrogen-bond acceptors (Lipinski definition) is 1. The summed E-state index contributed by atoms with van der Waals surface area (Å²) in [5.41, 5.74) is 1.42. The van der Waals surface area contributed by atoms with E-state index in [-0.39, 0.29) is 12.4 Å². The fraction of sp³-hybridized carbons (Fsp3) is 0.750. The average Bonchev–Trinajstić information content (AvgIpc) is 1.80. The lowest BCUT2D eigenvalue weighted by Gasteiger charge is -2.30. The van der Waals surface area contributed by atoms with Crippen LogP contribution in [0.15, 0.2) is 12.2 Å². The van der Waals surface area contributed by atoms with Gasteiger partial charge < -0.3 is 4.90 Å². The first-order valence-electron chi connectivity index (χ1n) is 3.57. The molecule has 0 aromatic heterocycles. The molecule has 0 spiro atoms. The van der Waals surface area contributed by atoms with Crippen LogP contribution in [0.4, 0.5) is 0 Å². The fourth-order valence-corrected chi connectivity index (χ4v) is 1.23. The first-order valence-corrected chi connectivity index (χ1v) is 3.57. The van der Waals surface area contributed by atoms with E-state index in [1.54, 1.807) is 0 Å². The van der Waals surface area contributed by atoms with Crippen molar-refractivity contribution in [2.24, 2.45) is 0 Å². The average molecular weight is 162 g/mol. The largest absolute Gasteiger partial charge is 0.303 e. The van der Waals surface area contributed by atoms with E-state index in [2.05, 4.69) is 25.5 Å². The van der Waals surface area contributed by atoms with Crippen molar-refractivity contribution in [1.82, 2.24) is 4.90 Å². The van der Waals surface area contributed by atoms with Crippen molar-refractivity contribution in [2.75, 3.05) is 13.6 Å². The third-order valence-electron chi connectivity index (χ3n) is 2.15. The van der Waals surface area contributed by atoms with E-state index in [0.717, 1.165) is 0 Å². The molecule has 2 heteroatoms. The van der Waals surface area contributed by atoms with Crippen molar-refractivity contribution in [1.29, 1.82) is 0 Å². The molecular formula is C8H16ClN. The standard InChI is InChI=1S/C8H15N.ClH/c1-7-4-5-9(3)8(2)6-7;/h8H,1,4-6H2,2-3H3;1H. The second-order valence-electron chi connectivity index (χ2n) is 3.03. The van der Waals surface area contributed by atoms with E-state index >= 15 is 0 Å². The number of rotatable bonds is 0. The van der Waals surface area contributed by atoms with Gasteiger partial charge in [0.15, 0.2) is 0 Å². The van der Waals surface area contributed by atoms with Crippen LogP contribution in [0.3, 0.4) is 0 Å². The van der Waals surface area contributed by atoms with Gasteiger partial charge in [0, 0.05) is 12.6 Å². The topological polar surface area (TPSA) is 3.24 Å². The molecule has 60 valence electrons. The Bertz CT molecular complexity index is 122. The maximum Gasteiger partial charge on any atom is 0.0101 e. The molecule has 1 aliphatic rings. The van der Waals surface area contributed by atoms with Gasteiger partial charge in [0.2, 0.25) is 0 Å². The molecule has 0 N–H and O–H groups in total. The third kappa shape index (κ3) is 2.31. The Labute approximate surface area is 69.5 Å². The number of nitrogens with zero attached hydrogens (tertiary/aromatic N) is 1. The molecule has 0 aromatic rings. The van der Waals surface area contributed by atoms with Crippen LogP contribution in [-0.2, 0) is 0 Å². The van der Waals surface area contributed by atoms with Crippen LogP contribution in [-0.4, -0.2) is 24.5 Å². The van der Waals surface area contributed by atoms with Gasteiger partial charge in [-0.3, -0.25) is 0 Å². The van der Waals surface area contributed by atoms with Gasteiger partial charge in [0.05, 0.1) is 0 Å². The lowest BCUT2D eigenvalue weighted by molar-refractivity contribution is 0.232. The first kappa shape index (κ1) is 9.99. The summed E-state index contributed by atoms with van der Waals surface area (Å²) in [5.74, 6) is 0. The fourth-order valence-electron chi connectivity index (χ4n) is 1.23. The van der Waals surface area contributed by atoms with Gasteiger partial charge in [-0.1, -0.05) is 12.2 Å². The van der Waals surface area contributed by atoms with Gasteiger partial charge in [-0.25, -0.2) is 0 Å². The zero-order valence-electron chi connectivity index (χ0n) is 6.76. The normalized spacial score (nSPS) is 27.8. The number of hydrogen-bond donors (Lipinski definition) is 0. The van der Waals surface area contributed by atoms with Crippen LogP contribution in [0.2, 0.25) is 0 Å². The molecule has 0 aliphatic carbocycles. The van der Waals surface area contributed by atoms with Gasteiger partial charge in [-0.05, 0) is 26.8 Å². The van der Waals surface area contributed by atoms with Crippen LogP contribution in [0.5, 0.6) is 0 Å². The number of halogens is 1. The van der Waals surface area contributed by atoms with Gasteiger partial charge in [0.25, 0.3) is 0 Å². The summed E-state index contributed by atoms with van der Waals surface area (Å²) < 4.78 is 0. The van der Waals surface area contributed by atoms with Crippen molar-refractivity contribution >= 4 is 12.4 Å². The predicted octanol–water partition coefficient (Wildman–Crippen LogP) is 2.08. The van der Waals surface area contributed by atoms with Crippen LogP contribution < -0.4 is 0 Å². The zero-order valence-corrected chi connectivity index (χ0v) is 7.58. The van der Waals surface area contributed by atoms with Crippen LogP contribution in [0.25, 0.3) is 0 Å². The molecule has 1 aliphatic heterocycles. The van der Waals surface area contributed by atoms with Gasteiger partial charge in [0.1, 0.15) is 0 Å². The summed E-state index contributed by atoms with van der Waals surface area (Å²) in [6.07, 6.45) is 2.39. The van der Waals surface area contributed by atoms with Crippen molar-refractivity contribution < 1.29 is 0 Å². The SMILES string of the molecule is C=C1CCN(C)C(C)C1.Cl. The maximum absolute atomic E-state index is 3.97. The van der Waals surface area contributed by atoms with Crippen molar-refractivity contribution in [3.8, 4) is 0 Å². The number of likely N-dealkylation sites (tertiary alicyclic amines) is 1. The Morgan fingerprint density at radius 2 is 2.20 bits per heavy atom. The lowest BCUT2D eigenvalue weighted by atomic mass is 10.0. The molecule has 0 saturated carbocycles. The summed E-state index contributed by atoms with van der Waals surface area (Å²) in [7, 11) is 2.18. The van der Waals surface area contributed by atoms with Crippen molar-refractivity contribution in [2.45, 2.75) is 25.8 Å². The summed E-state index contributed by atoms with van der Waals surface area (Å²) in [5, 5.41) is 0. The highest BCUT2D eigenvalue weighted by Crippen LogP contribution is 2.17. The lowest BCUT2D eigenvalue weighted by Crippen LogP contribution is -2.34. The molecule has 1 atom stereocenters. The van der Waals surface area contributed by atoms with Crippen molar-refractivity contribution in [3.05, 3.63) is 12.2 Å². The Hall–Kier alpha value is -0.0100. The highest BCUT2D eigenvalue weighted by Gasteiger charge is 2.15. The second kappa shape index (κ2) is 3.99. The van der Waals surface area contributed by atoms with Gasteiger partial charge in [-0.2, -0.15) is 0 Å².